The van der Waals surface area contributed by atoms with E-state index in [0.29, 0.717) is 0 Å². The quantitative estimate of drug-likeness (QED) is 0.214. The van der Waals surface area contributed by atoms with Crippen molar-refractivity contribution in [1.82, 2.24) is 5.32 Å². The standard InChI is InChI=1S/C15H23NO12/c1-6(18)26-5-9(21)12(27-7(2)19)13-11(16-10(22)4-17)8(20)3-15(25,28-13)14(23)24/h8-9,11-13,17,20-21,25H,3-5H2,1-2H3,(H,16,22)(H,23,24)/t8-,9+,11+,12+,13+,15-/m0/s1. The van der Waals surface area contributed by atoms with E-state index in [1.165, 1.54) is 0 Å². The molecule has 0 unspecified atom stereocenters. The van der Waals surface area contributed by atoms with Gasteiger partial charge >= 0.3 is 17.9 Å². The van der Waals surface area contributed by atoms with Gasteiger partial charge in [0.25, 0.3) is 5.79 Å². The summed E-state index contributed by atoms with van der Waals surface area (Å²) in [5, 5.41) is 50.8. The first-order valence-corrected chi connectivity index (χ1v) is 8.11. The molecule has 0 radical (unpaired) electrons. The number of esters is 2. The lowest BCUT2D eigenvalue weighted by atomic mass is 9.88. The van der Waals surface area contributed by atoms with Crippen LogP contribution in [0, 0.1) is 0 Å². The zero-order chi connectivity index (χ0) is 21.6. The fraction of sp³-hybridized carbons (Fsp3) is 0.733. The Balaban J connectivity index is 3.27. The highest BCUT2D eigenvalue weighted by Gasteiger charge is 2.55. The number of hydrogen-bond acceptors (Lipinski definition) is 11. The van der Waals surface area contributed by atoms with Gasteiger partial charge in [-0.15, -0.1) is 0 Å². The number of carboxylic acids is 1. The van der Waals surface area contributed by atoms with Crippen molar-refractivity contribution < 1.29 is 58.9 Å². The van der Waals surface area contributed by atoms with E-state index in [-0.39, 0.29) is 0 Å². The van der Waals surface area contributed by atoms with Crippen molar-refractivity contribution in [3.8, 4) is 0 Å². The summed E-state index contributed by atoms with van der Waals surface area (Å²) in [6.07, 6.45) is -7.91. The van der Waals surface area contributed by atoms with Gasteiger partial charge < -0.3 is 45.1 Å². The normalized spacial score (nSPS) is 29.3. The van der Waals surface area contributed by atoms with E-state index >= 15 is 0 Å². The number of carboxylic acid groups (broad SMARTS) is 1. The molecule has 1 rings (SSSR count). The van der Waals surface area contributed by atoms with Gasteiger partial charge in [0.15, 0.2) is 6.10 Å². The highest BCUT2D eigenvalue weighted by atomic mass is 16.7. The summed E-state index contributed by atoms with van der Waals surface area (Å²) >= 11 is 0. The van der Waals surface area contributed by atoms with Crippen LogP contribution in [0.5, 0.6) is 0 Å². The van der Waals surface area contributed by atoms with Crippen LogP contribution >= 0.6 is 0 Å². The Morgan fingerprint density at radius 3 is 2.32 bits per heavy atom. The van der Waals surface area contributed by atoms with E-state index in [0.717, 1.165) is 13.8 Å². The topological polar surface area (TPSA) is 209 Å². The fourth-order valence-corrected chi connectivity index (χ4v) is 2.65. The molecule has 6 N–H and O–H groups in total. The molecule has 1 aliphatic rings. The molecule has 160 valence electrons. The molecular weight excluding hydrogens is 386 g/mol. The van der Waals surface area contributed by atoms with E-state index < -0.39 is 79.7 Å². The summed E-state index contributed by atoms with van der Waals surface area (Å²) in [6, 6.07) is -1.49. The van der Waals surface area contributed by atoms with Gasteiger partial charge in [0.1, 0.15) is 25.4 Å². The number of carbonyl (C=O) groups excluding carboxylic acids is 3. The number of hydrogen-bond donors (Lipinski definition) is 6. The summed E-state index contributed by atoms with van der Waals surface area (Å²) in [5.74, 6) is -7.53. The fourth-order valence-electron chi connectivity index (χ4n) is 2.65. The van der Waals surface area contributed by atoms with Crippen molar-refractivity contribution in [2.45, 2.75) is 56.5 Å². The van der Waals surface area contributed by atoms with Crippen LogP contribution in [0.25, 0.3) is 0 Å². The lowest BCUT2D eigenvalue weighted by Crippen LogP contribution is -2.68. The van der Waals surface area contributed by atoms with Crippen molar-refractivity contribution in [2.24, 2.45) is 0 Å². The van der Waals surface area contributed by atoms with Gasteiger partial charge in [-0.2, -0.15) is 0 Å². The van der Waals surface area contributed by atoms with Crippen LogP contribution in [-0.4, -0.2) is 98.8 Å². The highest BCUT2D eigenvalue weighted by molar-refractivity contribution is 5.78. The van der Waals surface area contributed by atoms with Crippen LogP contribution in [0.4, 0.5) is 0 Å². The Hall–Kier alpha value is -2.32. The van der Waals surface area contributed by atoms with Crippen LogP contribution < -0.4 is 5.32 Å². The van der Waals surface area contributed by atoms with Crippen molar-refractivity contribution in [3.05, 3.63) is 0 Å². The third-order valence-corrected chi connectivity index (χ3v) is 3.85. The van der Waals surface area contributed by atoms with Gasteiger partial charge in [-0.3, -0.25) is 14.4 Å². The molecule has 0 saturated carbocycles. The first kappa shape index (κ1) is 23.7. The first-order valence-electron chi connectivity index (χ1n) is 8.11. The Morgan fingerprint density at radius 1 is 1.25 bits per heavy atom. The number of ether oxygens (including phenoxy) is 3. The second kappa shape index (κ2) is 9.75. The molecule has 0 aliphatic carbocycles. The van der Waals surface area contributed by atoms with Crippen LogP contribution in [0.15, 0.2) is 0 Å². The summed E-state index contributed by atoms with van der Waals surface area (Å²) in [4.78, 5) is 45.3. The minimum atomic E-state index is -2.93. The molecule has 1 heterocycles. The average Bonchev–Trinajstić information content (AvgIpc) is 2.59. The monoisotopic (exact) mass is 409 g/mol. The van der Waals surface area contributed by atoms with Gasteiger partial charge in [-0.25, -0.2) is 4.79 Å². The molecule has 0 aromatic carbocycles. The molecule has 13 heteroatoms. The predicted molar refractivity (Wildman–Crippen MR) is 85.3 cm³/mol. The number of amides is 1. The van der Waals surface area contributed by atoms with Crippen LogP contribution in [-0.2, 0) is 33.4 Å². The van der Waals surface area contributed by atoms with Crippen molar-refractivity contribution in [2.75, 3.05) is 13.2 Å². The van der Waals surface area contributed by atoms with Crippen molar-refractivity contribution >= 4 is 23.8 Å². The lowest BCUT2D eigenvalue weighted by molar-refractivity contribution is -0.296. The van der Waals surface area contributed by atoms with Gasteiger partial charge in [0.2, 0.25) is 5.91 Å². The molecule has 6 atom stereocenters. The maximum Gasteiger partial charge on any atom is 0.364 e. The Kier molecular flexibility index (Phi) is 8.26. The van der Waals surface area contributed by atoms with Crippen molar-refractivity contribution in [1.29, 1.82) is 0 Å². The van der Waals surface area contributed by atoms with Crippen LogP contribution in [0.2, 0.25) is 0 Å². The molecule has 13 nitrogen and oxygen atoms in total. The zero-order valence-corrected chi connectivity index (χ0v) is 15.1. The molecule has 1 saturated heterocycles. The Labute approximate surface area is 158 Å². The molecular formula is C15H23NO12. The Morgan fingerprint density at radius 2 is 1.86 bits per heavy atom. The number of aliphatic hydroxyl groups is 4. The van der Waals surface area contributed by atoms with Gasteiger partial charge in [-0.05, 0) is 0 Å². The molecule has 0 spiro atoms. The number of aliphatic hydroxyl groups excluding tert-OH is 3. The van der Waals surface area contributed by atoms with Gasteiger partial charge in [0, 0.05) is 20.3 Å². The first-order chi connectivity index (χ1) is 12.9. The van der Waals surface area contributed by atoms with Gasteiger partial charge in [0.05, 0.1) is 12.1 Å². The predicted octanol–water partition coefficient (Wildman–Crippen LogP) is -3.76. The number of nitrogens with one attached hydrogen (secondary N) is 1. The third kappa shape index (κ3) is 6.10. The second-order valence-electron chi connectivity index (χ2n) is 6.14. The Bertz CT molecular complexity index is 610. The molecule has 1 fully saturated rings. The van der Waals surface area contributed by atoms with E-state index in [2.05, 4.69) is 10.1 Å². The van der Waals surface area contributed by atoms with E-state index in [4.69, 9.17) is 14.6 Å². The summed E-state index contributed by atoms with van der Waals surface area (Å²) in [5.41, 5.74) is 0. The summed E-state index contributed by atoms with van der Waals surface area (Å²) < 4.78 is 14.6. The maximum absolute atomic E-state index is 11.5. The molecule has 0 aromatic heterocycles. The highest BCUT2D eigenvalue weighted by Crippen LogP contribution is 2.31. The molecule has 0 bridgehead atoms. The van der Waals surface area contributed by atoms with E-state index in [9.17, 15) is 39.6 Å². The number of rotatable bonds is 8. The van der Waals surface area contributed by atoms with E-state index in [1.54, 1.807) is 0 Å². The second-order valence-corrected chi connectivity index (χ2v) is 6.14. The van der Waals surface area contributed by atoms with Crippen LogP contribution in [0.1, 0.15) is 20.3 Å². The minimum Gasteiger partial charge on any atom is -0.477 e. The SMILES string of the molecule is CC(=O)OC[C@@H](O)[C@@H](OC(C)=O)[C@@H]1O[C@](O)(C(=O)O)C[C@H](O)[C@H]1NC(=O)CO. The maximum atomic E-state index is 11.5. The molecule has 1 amide bonds. The lowest BCUT2D eigenvalue weighted by Gasteiger charge is -2.45. The summed E-state index contributed by atoms with van der Waals surface area (Å²) in [6.45, 7) is 0.306. The van der Waals surface area contributed by atoms with Gasteiger partial charge in [-0.1, -0.05) is 0 Å². The molecule has 0 aromatic rings. The molecule has 28 heavy (non-hydrogen) atoms. The smallest absolute Gasteiger partial charge is 0.364 e. The largest absolute Gasteiger partial charge is 0.477 e. The number of aliphatic carboxylic acids is 1. The van der Waals surface area contributed by atoms with Crippen LogP contribution in [0.3, 0.4) is 0 Å². The zero-order valence-electron chi connectivity index (χ0n) is 15.1. The average molecular weight is 409 g/mol. The minimum absolute atomic E-state index is 0.699. The van der Waals surface area contributed by atoms with Crippen molar-refractivity contribution in [3.63, 3.8) is 0 Å². The summed E-state index contributed by atoms with van der Waals surface area (Å²) in [7, 11) is 0. The molecule has 1 aliphatic heterocycles. The third-order valence-electron chi connectivity index (χ3n) is 3.85. The van der Waals surface area contributed by atoms with E-state index in [1.807, 2.05) is 0 Å². The number of carbonyl (C=O) groups is 4.